The molecular formula is C13H18N2O3. The maximum Gasteiger partial charge on any atom is 0.309 e. The zero-order valence-corrected chi connectivity index (χ0v) is 10.6. The molecule has 18 heavy (non-hydrogen) atoms. The van der Waals surface area contributed by atoms with E-state index in [9.17, 15) is 9.59 Å². The van der Waals surface area contributed by atoms with Crippen molar-refractivity contribution < 1.29 is 14.3 Å². The Balaban J connectivity index is 2.70. The molecule has 0 aliphatic heterocycles. The van der Waals surface area contributed by atoms with E-state index in [1.807, 2.05) is 0 Å². The fraction of sp³-hybridized carbons (Fsp3) is 0.385. The first-order valence-electron chi connectivity index (χ1n) is 5.73. The molecular weight excluding hydrogens is 232 g/mol. The van der Waals surface area contributed by atoms with Crippen LogP contribution < -0.4 is 11.1 Å². The van der Waals surface area contributed by atoms with Crippen LogP contribution in [0.15, 0.2) is 24.3 Å². The van der Waals surface area contributed by atoms with Gasteiger partial charge < -0.3 is 15.8 Å². The number of ether oxygens (including phenoxy) is 1. The molecule has 0 aliphatic rings. The summed E-state index contributed by atoms with van der Waals surface area (Å²) >= 11 is 0. The number of amides is 1. The van der Waals surface area contributed by atoms with Crippen molar-refractivity contribution in [2.75, 3.05) is 19.0 Å². The summed E-state index contributed by atoms with van der Waals surface area (Å²) in [6, 6.07) is 7.10. The lowest BCUT2D eigenvalue weighted by atomic mass is 10.1. The van der Waals surface area contributed by atoms with E-state index >= 15 is 0 Å². The molecule has 1 rings (SSSR count). The standard InChI is InChI=1S/C13H18N2O3/c1-9(8-14)13(17)15-11-5-3-4-10(6-11)7-12(16)18-2/h3-6,9H,7-8,14H2,1-2H3,(H,15,17). The fourth-order valence-corrected chi connectivity index (χ4v) is 1.37. The van der Waals surface area contributed by atoms with Gasteiger partial charge in [-0.3, -0.25) is 9.59 Å². The molecule has 0 saturated carbocycles. The monoisotopic (exact) mass is 250 g/mol. The number of hydrogen-bond donors (Lipinski definition) is 2. The van der Waals surface area contributed by atoms with Crippen molar-refractivity contribution in [2.24, 2.45) is 11.7 Å². The summed E-state index contributed by atoms with van der Waals surface area (Å²) in [6.45, 7) is 2.06. The first kappa shape index (κ1) is 14.2. The zero-order valence-electron chi connectivity index (χ0n) is 10.6. The molecule has 1 atom stereocenters. The number of hydrogen-bond acceptors (Lipinski definition) is 4. The van der Waals surface area contributed by atoms with Gasteiger partial charge >= 0.3 is 5.97 Å². The Morgan fingerprint density at radius 2 is 2.17 bits per heavy atom. The first-order chi connectivity index (χ1) is 8.56. The molecule has 1 aromatic carbocycles. The van der Waals surface area contributed by atoms with Crippen LogP contribution in [-0.4, -0.2) is 25.5 Å². The minimum absolute atomic E-state index is 0.132. The zero-order chi connectivity index (χ0) is 13.5. The topological polar surface area (TPSA) is 81.4 Å². The molecule has 0 radical (unpaired) electrons. The second-order valence-electron chi connectivity index (χ2n) is 4.08. The van der Waals surface area contributed by atoms with Gasteiger partial charge in [-0.1, -0.05) is 19.1 Å². The molecule has 3 N–H and O–H groups in total. The third-order valence-corrected chi connectivity index (χ3v) is 2.57. The number of methoxy groups -OCH3 is 1. The smallest absolute Gasteiger partial charge is 0.309 e. The van der Waals surface area contributed by atoms with Crippen molar-refractivity contribution in [2.45, 2.75) is 13.3 Å². The van der Waals surface area contributed by atoms with E-state index in [1.54, 1.807) is 31.2 Å². The molecule has 0 bridgehead atoms. The van der Waals surface area contributed by atoms with E-state index in [1.165, 1.54) is 7.11 Å². The van der Waals surface area contributed by atoms with Crippen molar-refractivity contribution in [3.8, 4) is 0 Å². The first-order valence-corrected chi connectivity index (χ1v) is 5.73. The molecule has 0 spiro atoms. The highest BCUT2D eigenvalue weighted by Crippen LogP contribution is 2.12. The number of benzene rings is 1. The Labute approximate surface area is 106 Å². The predicted molar refractivity (Wildman–Crippen MR) is 69.0 cm³/mol. The van der Waals surface area contributed by atoms with Gasteiger partial charge in [0.15, 0.2) is 0 Å². The van der Waals surface area contributed by atoms with Gasteiger partial charge in [0, 0.05) is 18.2 Å². The van der Waals surface area contributed by atoms with Crippen LogP contribution in [-0.2, 0) is 20.7 Å². The molecule has 1 unspecified atom stereocenters. The number of nitrogens with two attached hydrogens (primary N) is 1. The summed E-state index contributed by atoms with van der Waals surface area (Å²) in [5.41, 5.74) is 6.86. The number of anilines is 1. The summed E-state index contributed by atoms with van der Waals surface area (Å²) in [4.78, 5) is 22.8. The normalized spacial score (nSPS) is 11.7. The van der Waals surface area contributed by atoms with Gasteiger partial charge in [0.25, 0.3) is 0 Å². The molecule has 0 saturated heterocycles. The highest BCUT2D eigenvalue weighted by atomic mass is 16.5. The van der Waals surface area contributed by atoms with E-state index < -0.39 is 0 Å². The van der Waals surface area contributed by atoms with Gasteiger partial charge in [-0.05, 0) is 17.7 Å². The van der Waals surface area contributed by atoms with E-state index in [0.29, 0.717) is 12.2 Å². The quantitative estimate of drug-likeness (QED) is 0.762. The average molecular weight is 250 g/mol. The molecule has 0 aliphatic carbocycles. The van der Waals surface area contributed by atoms with Crippen LogP contribution in [0.1, 0.15) is 12.5 Å². The van der Waals surface area contributed by atoms with E-state index in [2.05, 4.69) is 10.1 Å². The van der Waals surface area contributed by atoms with Crippen LogP contribution in [0.25, 0.3) is 0 Å². The molecule has 1 amide bonds. The lowest BCUT2D eigenvalue weighted by Crippen LogP contribution is -2.26. The van der Waals surface area contributed by atoms with Crippen molar-refractivity contribution in [3.05, 3.63) is 29.8 Å². The maximum absolute atomic E-state index is 11.7. The highest BCUT2D eigenvalue weighted by molar-refractivity contribution is 5.92. The van der Waals surface area contributed by atoms with Crippen molar-refractivity contribution in [1.29, 1.82) is 0 Å². The Bertz CT molecular complexity index is 432. The number of nitrogens with one attached hydrogen (secondary N) is 1. The van der Waals surface area contributed by atoms with Crippen LogP contribution in [0.3, 0.4) is 0 Å². The second-order valence-corrected chi connectivity index (χ2v) is 4.08. The van der Waals surface area contributed by atoms with Gasteiger partial charge in [0.2, 0.25) is 5.91 Å². The largest absolute Gasteiger partial charge is 0.469 e. The Morgan fingerprint density at radius 3 is 2.78 bits per heavy atom. The predicted octanol–water partition coefficient (Wildman–Crippen LogP) is 0.935. The summed E-state index contributed by atoms with van der Waals surface area (Å²) in [5.74, 6) is -0.684. The third-order valence-electron chi connectivity index (χ3n) is 2.57. The van der Waals surface area contributed by atoms with Gasteiger partial charge in [-0.25, -0.2) is 0 Å². The van der Waals surface area contributed by atoms with Gasteiger partial charge in [-0.15, -0.1) is 0 Å². The molecule has 98 valence electrons. The van der Waals surface area contributed by atoms with Gasteiger partial charge in [0.1, 0.15) is 0 Å². The van der Waals surface area contributed by atoms with E-state index in [0.717, 1.165) is 5.56 Å². The van der Waals surface area contributed by atoms with Crippen molar-refractivity contribution >= 4 is 17.6 Å². The lowest BCUT2D eigenvalue weighted by Gasteiger charge is -2.10. The minimum Gasteiger partial charge on any atom is -0.469 e. The number of carbonyl (C=O) groups excluding carboxylic acids is 2. The SMILES string of the molecule is COC(=O)Cc1cccc(NC(=O)C(C)CN)c1. The Morgan fingerprint density at radius 1 is 1.44 bits per heavy atom. The van der Waals surface area contributed by atoms with Crippen molar-refractivity contribution in [1.82, 2.24) is 0 Å². The molecule has 5 heteroatoms. The number of rotatable bonds is 5. The van der Waals surface area contributed by atoms with Crippen LogP contribution in [0.2, 0.25) is 0 Å². The average Bonchev–Trinajstić information content (AvgIpc) is 2.37. The molecule has 0 heterocycles. The van der Waals surface area contributed by atoms with Crippen LogP contribution in [0, 0.1) is 5.92 Å². The van der Waals surface area contributed by atoms with Gasteiger partial charge in [0.05, 0.1) is 13.5 Å². The fourth-order valence-electron chi connectivity index (χ4n) is 1.37. The highest BCUT2D eigenvalue weighted by Gasteiger charge is 2.11. The molecule has 0 fully saturated rings. The molecule has 5 nitrogen and oxygen atoms in total. The van der Waals surface area contributed by atoms with E-state index in [4.69, 9.17) is 5.73 Å². The van der Waals surface area contributed by atoms with Crippen LogP contribution in [0.4, 0.5) is 5.69 Å². The van der Waals surface area contributed by atoms with Gasteiger partial charge in [-0.2, -0.15) is 0 Å². The Kier molecular flexibility index (Phi) is 5.32. The maximum atomic E-state index is 11.7. The summed E-state index contributed by atoms with van der Waals surface area (Å²) in [7, 11) is 1.34. The molecule has 1 aromatic rings. The second kappa shape index (κ2) is 6.76. The minimum atomic E-state index is -0.311. The van der Waals surface area contributed by atoms with Crippen molar-refractivity contribution in [3.63, 3.8) is 0 Å². The van der Waals surface area contributed by atoms with E-state index in [-0.39, 0.29) is 24.2 Å². The third kappa shape index (κ3) is 4.18. The van der Waals surface area contributed by atoms with Crippen LogP contribution in [0.5, 0.6) is 0 Å². The summed E-state index contributed by atoms with van der Waals surface area (Å²) < 4.78 is 4.59. The summed E-state index contributed by atoms with van der Waals surface area (Å²) in [6.07, 6.45) is 0.187. The number of esters is 1. The number of carbonyl (C=O) groups is 2. The summed E-state index contributed by atoms with van der Waals surface area (Å²) in [5, 5.41) is 2.75. The lowest BCUT2D eigenvalue weighted by molar-refractivity contribution is -0.139. The molecule has 0 aromatic heterocycles. The van der Waals surface area contributed by atoms with Crippen LogP contribution >= 0.6 is 0 Å². The Hall–Kier alpha value is -1.88.